The molecule has 352 valence electrons. The number of unbranched alkanes of at least 4 members (excludes halogenated alkanes) is 1. The second-order valence-electron chi connectivity index (χ2n) is 19.5. The number of nitrogens with one attached hydrogen (secondary N) is 4. The van der Waals surface area contributed by atoms with Gasteiger partial charge in [-0.05, 0) is 143 Å². The molecular weight excluding hydrogens is 795 g/mol. The number of aliphatic hydroxyl groups is 3. The summed E-state index contributed by atoms with van der Waals surface area (Å²) in [6.07, 6.45) is 15.6. The molecule has 0 unspecified atom stereocenters. The topological polar surface area (TPSA) is 220 Å². The highest BCUT2D eigenvalue weighted by atomic mass is 16.5. The number of phenols is 1. The lowest BCUT2D eigenvalue weighted by atomic mass is 9.72. The normalized spacial score (nSPS) is 24.6. The zero-order valence-corrected chi connectivity index (χ0v) is 38.7. The molecule has 13 heteroatoms. The Bertz CT molecular complexity index is 1860. The molecule has 13 nitrogen and oxygen atoms in total. The van der Waals surface area contributed by atoms with Gasteiger partial charge in [0.2, 0.25) is 0 Å². The van der Waals surface area contributed by atoms with Gasteiger partial charge in [0, 0.05) is 74.5 Å². The first-order valence-electron chi connectivity index (χ1n) is 24.3. The molecule has 2 aromatic heterocycles. The van der Waals surface area contributed by atoms with E-state index in [1.54, 1.807) is 13.1 Å². The van der Waals surface area contributed by atoms with Crippen molar-refractivity contribution in [1.82, 2.24) is 20.9 Å². The number of aromatic hydroxyl groups is 1. The second kappa shape index (κ2) is 24.1. The average Bonchev–Trinajstić information content (AvgIpc) is 4.01. The van der Waals surface area contributed by atoms with E-state index in [9.17, 15) is 20.4 Å². The number of hydrogen-bond acceptors (Lipinski definition) is 10. The van der Waals surface area contributed by atoms with Crippen LogP contribution in [-0.2, 0) is 32.3 Å². The van der Waals surface area contributed by atoms with Crippen LogP contribution in [0.5, 0.6) is 11.5 Å². The number of H-pyrrole nitrogens is 1. The van der Waals surface area contributed by atoms with Crippen LogP contribution in [0.4, 0.5) is 0 Å². The maximum Gasteiger partial charge on any atom is 0.188 e. The highest BCUT2D eigenvalue weighted by Crippen LogP contribution is 2.49. The van der Waals surface area contributed by atoms with Gasteiger partial charge < -0.3 is 62.0 Å². The van der Waals surface area contributed by atoms with Gasteiger partial charge in [-0.3, -0.25) is 4.99 Å². The quantitative estimate of drug-likeness (QED) is 0.0281. The van der Waals surface area contributed by atoms with E-state index >= 15 is 0 Å². The van der Waals surface area contributed by atoms with Crippen LogP contribution < -0.4 is 32.2 Å². The molecule has 1 aromatic carbocycles. The van der Waals surface area contributed by atoms with Gasteiger partial charge in [0.15, 0.2) is 17.5 Å². The maximum absolute atomic E-state index is 11.5. The third-order valence-corrected chi connectivity index (χ3v) is 14.7. The summed E-state index contributed by atoms with van der Waals surface area (Å²) < 4.78 is 12.4. The zero-order valence-electron chi connectivity index (χ0n) is 38.7. The van der Waals surface area contributed by atoms with E-state index in [0.29, 0.717) is 66.7 Å². The number of furan rings is 1. The summed E-state index contributed by atoms with van der Waals surface area (Å²) in [6, 6.07) is 9.94. The van der Waals surface area contributed by atoms with Gasteiger partial charge in [-0.1, -0.05) is 38.7 Å². The van der Waals surface area contributed by atoms with Crippen LogP contribution in [0.3, 0.4) is 0 Å². The SMILES string of the molecule is CN=C(N)NC[C@@H](C)CC[C@@H]1CC[C@@H](N)C[C@H]1CCCCc1oc(CCc2ccc(O)c(OC[C@H](O)c3cc4c([nH]3)CC[C@H]3CCC[C@@H]3[C@@H]4[C@H](CNC)NC[C@H](C)O)c2)cc1CO. The van der Waals surface area contributed by atoms with Crippen LogP contribution in [0.2, 0.25) is 0 Å². The number of hydrogen-bond donors (Lipinski definition) is 10. The van der Waals surface area contributed by atoms with Gasteiger partial charge in [0.25, 0.3) is 0 Å². The minimum absolute atomic E-state index is 0.00889. The predicted molar refractivity (Wildman–Crippen MR) is 251 cm³/mol. The average molecular weight is 876 g/mol. The van der Waals surface area contributed by atoms with E-state index in [1.807, 2.05) is 32.2 Å². The Morgan fingerprint density at radius 1 is 0.984 bits per heavy atom. The van der Waals surface area contributed by atoms with Crippen LogP contribution in [0.1, 0.15) is 143 Å². The van der Waals surface area contributed by atoms with Crippen molar-refractivity contribution in [3.05, 3.63) is 69.9 Å². The number of benzene rings is 1. The first-order chi connectivity index (χ1) is 30.5. The van der Waals surface area contributed by atoms with Crippen molar-refractivity contribution in [1.29, 1.82) is 0 Å². The summed E-state index contributed by atoms with van der Waals surface area (Å²) in [5.41, 5.74) is 17.3. The van der Waals surface area contributed by atoms with Crippen LogP contribution in [0, 0.1) is 29.6 Å². The zero-order chi connectivity index (χ0) is 44.9. The van der Waals surface area contributed by atoms with Crippen molar-refractivity contribution >= 4 is 5.96 Å². The molecule has 0 radical (unpaired) electrons. The van der Waals surface area contributed by atoms with Gasteiger partial charge in [-0.25, -0.2) is 0 Å². The molecular formula is C50H81N7O6. The van der Waals surface area contributed by atoms with E-state index in [2.05, 4.69) is 38.9 Å². The molecule has 3 aliphatic carbocycles. The summed E-state index contributed by atoms with van der Waals surface area (Å²) in [4.78, 5) is 7.59. The number of aliphatic imine (C=N–C) groups is 1. The largest absolute Gasteiger partial charge is 0.504 e. The van der Waals surface area contributed by atoms with Crippen LogP contribution in [0.15, 0.2) is 39.7 Å². The van der Waals surface area contributed by atoms with Gasteiger partial charge in [-0.2, -0.15) is 0 Å². The molecule has 0 saturated heterocycles. The number of nitrogens with two attached hydrogens (primary N) is 2. The molecule has 0 amide bonds. The predicted octanol–water partition coefficient (Wildman–Crippen LogP) is 6.11. The molecule has 63 heavy (non-hydrogen) atoms. The Labute approximate surface area is 376 Å². The highest BCUT2D eigenvalue weighted by molar-refractivity contribution is 5.77. The second-order valence-corrected chi connectivity index (χ2v) is 19.5. The lowest BCUT2D eigenvalue weighted by Gasteiger charge is -2.35. The first kappa shape index (κ1) is 48.9. The fraction of sp³-hybridized carbons (Fsp3) is 0.700. The van der Waals surface area contributed by atoms with Crippen molar-refractivity contribution in [2.45, 2.75) is 153 Å². The molecule has 2 saturated carbocycles. The smallest absolute Gasteiger partial charge is 0.188 e. The van der Waals surface area contributed by atoms with E-state index in [0.717, 1.165) is 92.8 Å². The Morgan fingerprint density at radius 3 is 2.60 bits per heavy atom. The number of likely N-dealkylation sites (N-methyl/N-ethyl adjacent to an activating group) is 1. The van der Waals surface area contributed by atoms with Gasteiger partial charge >= 0.3 is 0 Å². The van der Waals surface area contributed by atoms with E-state index in [4.69, 9.17) is 20.6 Å². The van der Waals surface area contributed by atoms with Crippen LogP contribution in [-0.4, -0.2) is 89.9 Å². The summed E-state index contributed by atoms with van der Waals surface area (Å²) >= 11 is 0. The monoisotopic (exact) mass is 876 g/mol. The fourth-order valence-corrected chi connectivity index (χ4v) is 11.2. The van der Waals surface area contributed by atoms with E-state index in [-0.39, 0.29) is 30.9 Å². The lowest BCUT2D eigenvalue weighted by Crippen LogP contribution is -2.47. The number of aromatic amines is 1. The Kier molecular flexibility index (Phi) is 18.7. The molecule has 0 bridgehead atoms. The lowest BCUT2D eigenvalue weighted by molar-refractivity contribution is 0.103. The summed E-state index contributed by atoms with van der Waals surface area (Å²) in [7, 11) is 3.68. The van der Waals surface area contributed by atoms with Gasteiger partial charge in [0.05, 0.1) is 12.7 Å². The van der Waals surface area contributed by atoms with Crippen molar-refractivity contribution in [2.75, 3.05) is 40.3 Å². The van der Waals surface area contributed by atoms with E-state index < -0.39 is 12.2 Å². The van der Waals surface area contributed by atoms with Crippen LogP contribution >= 0.6 is 0 Å². The fourth-order valence-electron chi connectivity index (χ4n) is 11.2. The van der Waals surface area contributed by atoms with Crippen LogP contribution in [0.25, 0.3) is 0 Å². The number of fused-ring (bicyclic) bond motifs is 2. The number of guanidine groups is 1. The van der Waals surface area contributed by atoms with Crippen molar-refractivity contribution in [3.8, 4) is 11.5 Å². The maximum atomic E-state index is 11.5. The standard InChI is InChI=1S/C50H81N7O6/c1-31(26-56-50(52)54-4)12-15-34-16-18-38(51)23-36(34)8-5-6-11-47-37(29-58)24-39(63-47)19-13-33-14-21-45(60)48(22-33)62-30-46(61)43-25-41-42(57-43)20-17-35-9-7-10-40(35)49(41)44(28-53-3)55-27-32(2)59/h14,21-22,24-25,31-32,34-36,38,40,44,46,49,53,55,57-61H,5-13,15-20,23,26-30,51H2,1-4H3,(H3,52,54,56)/t31-,32-,34+,35+,36+,38+,40-,44-,46-,49-/m0/s1. The van der Waals surface area contributed by atoms with Crippen molar-refractivity contribution in [2.24, 2.45) is 46.0 Å². The number of ether oxygens (including phenoxy) is 1. The minimum atomic E-state index is -0.906. The summed E-state index contributed by atoms with van der Waals surface area (Å²) in [5.74, 6) is 5.94. The molecule has 0 aliphatic heterocycles. The number of aromatic nitrogens is 1. The van der Waals surface area contributed by atoms with Gasteiger partial charge in [0.1, 0.15) is 24.2 Å². The Hall–Kier alpha value is -3.59. The molecule has 3 aromatic rings. The molecule has 2 heterocycles. The molecule has 6 rings (SSSR count). The molecule has 12 N–H and O–H groups in total. The minimum Gasteiger partial charge on any atom is -0.504 e. The number of aryl methyl sites for hydroxylation is 4. The highest BCUT2D eigenvalue weighted by Gasteiger charge is 2.42. The first-order valence-corrected chi connectivity index (χ1v) is 24.3. The number of aliphatic hydroxyl groups excluding tert-OH is 3. The Morgan fingerprint density at radius 2 is 1.83 bits per heavy atom. The third kappa shape index (κ3) is 13.7. The summed E-state index contributed by atoms with van der Waals surface area (Å²) in [5, 5.41) is 52.8. The number of phenolic OH excluding ortho intramolecular Hbond substituents is 1. The van der Waals surface area contributed by atoms with Crippen molar-refractivity contribution < 1.29 is 29.6 Å². The van der Waals surface area contributed by atoms with Gasteiger partial charge in [-0.15, -0.1) is 0 Å². The number of rotatable bonds is 24. The summed E-state index contributed by atoms with van der Waals surface area (Å²) in [6.45, 7) is 6.19. The third-order valence-electron chi connectivity index (χ3n) is 14.7. The van der Waals surface area contributed by atoms with Crippen molar-refractivity contribution in [3.63, 3.8) is 0 Å². The Balaban J connectivity index is 1.00. The molecule has 2 fully saturated rings. The molecule has 3 aliphatic rings. The molecule has 10 atom stereocenters. The number of nitrogens with zero attached hydrogens (tertiary/aromatic N) is 1. The van der Waals surface area contributed by atoms with E-state index in [1.165, 1.54) is 49.8 Å². The molecule has 0 spiro atoms.